The lowest BCUT2D eigenvalue weighted by molar-refractivity contribution is -0.122. The normalized spacial score (nSPS) is 24.5. The summed E-state index contributed by atoms with van der Waals surface area (Å²) < 4.78 is 25.1. The number of methoxy groups -OCH3 is 2. The van der Waals surface area contributed by atoms with E-state index in [9.17, 15) is 18.8 Å². The number of ether oxygens (including phenoxy) is 2. The van der Waals surface area contributed by atoms with E-state index < -0.39 is 35.0 Å². The van der Waals surface area contributed by atoms with Gasteiger partial charge in [0.2, 0.25) is 5.91 Å². The molecular weight excluding hydrogens is 487 g/mol. The minimum Gasteiger partial charge on any atom is -0.497 e. The fraction of sp³-hybridized carbons (Fsp3) is 0.233. The second-order valence-corrected chi connectivity index (χ2v) is 9.75. The molecule has 38 heavy (non-hydrogen) atoms. The molecule has 0 radical (unpaired) electrons. The molecule has 3 heterocycles. The quantitative estimate of drug-likeness (QED) is 0.510. The number of anilines is 2. The van der Waals surface area contributed by atoms with Gasteiger partial charge in [-0.1, -0.05) is 30.4 Å². The third-order valence-electron chi connectivity index (χ3n) is 7.97. The Bertz CT molecular complexity index is 1550. The Labute approximate surface area is 218 Å². The van der Waals surface area contributed by atoms with Crippen molar-refractivity contribution in [1.29, 1.82) is 0 Å². The Morgan fingerprint density at radius 3 is 2.55 bits per heavy atom. The van der Waals surface area contributed by atoms with Crippen LogP contribution in [-0.2, 0) is 15.0 Å². The van der Waals surface area contributed by atoms with Crippen LogP contribution < -0.4 is 19.7 Å². The van der Waals surface area contributed by atoms with Gasteiger partial charge in [-0.2, -0.15) is 0 Å². The Morgan fingerprint density at radius 2 is 1.82 bits per heavy atom. The van der Waals surface area contributed by atoms with E-state index in [4.69, 9.17) is 9.47 Å². The molecule has 1 fully saturated rings. The largest absolute Gasteiger partial charge is 0.497 e. The highest BCUT2D eigenvalue weighted by Crippen LogP contribution is 2.58. The predicted octanol–water partition coefficient (Wildman–Crippen LogP) is 4.41. The van der Waals surface area contributed by atoms with Gasteiger partial charge in [-0.15, -0.1) is 0 Å². The number of fused-ring (bicyclic) bond motifs is 6. The maximum Gasteiger partial charge on any atom is 0.238 e. The van der Waals surface area contributed by atoms with Gasteiger partial charge >= 0.3 is 0 Å². The molecule has 3 aromatic rings. The average molecular weight is 513 g/mol. The summed E-state index contributed by atoms with van der Waals surface area (Å²) >= 11 is 0. The first-order valence-corrected chi connectivity index (χ1v) is 12.3. The summed E-state index contributed by atoms with van der Waals surface area (Å²) in [5, 5.41) is 2.96. The highest BCUT2D eigenvalue weighted by molar-refractivity contribution is 6.17. The lowest BCUT2D eigenvalue weighted by Crippen LogP contribution is -2.51. The van der Waals surface area contributed by atoms with E-state index >= 15 is 0 Å². The molecular formula is C30H25FN2O5. The number of amides is 1. The Kier molecular flexibility index (Phi) is 5.38. The first-order valence-electron chi connectivity index (χ1n) is 12.3. The Hall–Kier alpha value is -4.46. The molecule has 0 saturated carbocycles. The van der Waals surface area contributed by atoms with E-state index in [1.165, 1.54) is 33.3 Å². The van der Waals surface area contributed by atoms with E-state index in [-0.39, 0.29) is 17.3 Å². The summed E-state index contributed by atoms with van der Waals surface area (Å²) in [6.07, 6.45) is 3.56. The van der Waals surface area contributed by atoms with Crippen LogP contribution in [0.4, 0.5) is 15.8 Å². The summed E-state index contributed by atoms with van der Waals surface area (Å²) in [7, 11) is 2.95. The SMILES string of the molecule is COc1ccc(OC)c(C(=O)[C@H]2[C@@H](C(C)=O)N3c4ccc(F)cc4C=C[C@@H]3[C@@]23C(=O)Nc2ccccc23)c1. The van der Waals surface area contributed by atoms with E-state index in [1.54, 1.807) is 42.5 Å². The van der Waals surface area contributed by atoms with Gasteiger partial charge in [0.1, 0.15) is 22.7 Å². The van der Waals surface area contributed by atoms with Crippen molar-refractivity contribution in [3.05, 3.63) is 89.2 Å². The number of hydrogen-bond donors (Lipinski definition) is 1. The van der Waals surface area contributed by atoms with Gasteiger partial charge in [-0.3, -0.25) is 14.4 Å². The van der Waals surface area contributed by atoms with Crippen LogP contribution in [0.5, 0.6) is 11.5 Å². The second kappa shape index (κ2) is 8.55. The van der Waals surface area contributed by atoms with Gasteiger partial charge in [0.25, 0.3) is 0 Å². The highest BCUT2D eigenvalue weighted by Gasteiger charge is 2.70. The molecule has 0 bridgehead atoms. The predicted molar refractivity (Wildman–Crippen MR) is 140 cm³/mol. The van der Waals surface area contributed by atoms with Gasteiger partial charge in [-0.25, -0.2) is 4.39 Å². The summed E-state index contributed by atoms with van der Waals surface area (Å²) in [6, 6.07) is 14.7. The fourth-order valence-corrected chi connectivity index (χ4v) is 6.48. The van der Waals surface area contributed by atoms with Gasteiger partial charge in [0, 0.05) is 16.9 Å². The van der Waals surface area contributed by atoms with Crippen molar-refractivity contribution in [1.82, 2.24) is 0 Å². The first-order chi connectivity index (χ1) is 18.3. The smallest absolute Gasteiger partial charge is 0.238 e. The molecule has 192 valence electrons. The summed E-state index contributed by atoms with van der Waals surface area (Å²) in [4.78, 5) is 44.1. The van der Waals surface area contributed by atoms with Crippen LogP contribution in [0.2, 0.25) is 0 Å². The molecule has 6 rings (SSSR count). The molecule has 3 aromatic carbocycles. The number of carbonyl (C=O) groups excluding carboxylic acids is 3. The molecule has 8 heteroatoms. The summed E-state index contributed by atoms with van der Waals surface area (Å²) in [5.41, 5.74) is 1.17. The molecule has 0 unspecified atom stereocenters. The molecule has 3 aliphatic heterocycles. The van der Waals surface area contributed by atoms with Crippen LogP contribution in [0, 0.1) is 11.7 Å². The zero-order valence-corrected chi connectivity index (χ0v) is 21.0. The lowest BCUT2D eigenvalue weighted by atomic mass is 9.64. The van der Waals surface area contributed by atoms with Crippen molar-refractivity contribution in [3.8, 4) is 11.5 Å². The number of nitrogens with one attached hydrogen (secondary N) is 1. The molecule has 3 aliphatic rings. The third kappa shape index (κ3) is 3.09. The van der Waals surface area contributed by atoms with Crippen molar-refractivity contribution in [3.63, 3.8) is 0 Å². The zero-order chi connectivity index (χ0) is 26.8. The topological polar surface area (TPSA) is 84.9 Å². The maximum absolute atomic E-state index is 14.7. The lowest BCUT2D eigenvalue weighted by Gasteiger charge is -2.37. The number of rotatable bonds is 5. The number of carbonyl (C=O) groups is 3. The third-order valence-corrected chi connectivity index (χ3v) is 7.97. The van der Waals surface area contributed by atoms with Crippen LogP contribution in [0.15, 0.2) is 66.7 Å². The van der Waals surface area contributed by atoms with E-state index in [0.29, 0.717) is 34.0 Å². The molecule has 1 spiro atoms. The van der Waals surface area contributed by atoms with Crippen LogP contribution in [0.25, 0.3) is 6.08 Å². The van der Waals surface area contributed by atoms with Crippen LogP contribution in [-0.4, -0.2) is 43.8 Å². The average Bonchev–Trinajstić information content (AvgIpc) is 3.40. The number of halogens is 1. The number of Topliss-reactive ketones (excluding diaryl/α,β-unsaturated/α-hetero) is 2. The minimum absolute atomic E-state index is 0.211. The molecule has 1 N–H and O–H groups in total. The molecule has 0 aromatic heterocycles. The van der Waals surface area contributed by atoms with Crippen molar-refractivity contribution in [2.45, 2.75) is 24.4 Å². The van der Waals surface area contributed by atoms with Crippen molar-refractivity contribution >= 4 is 34.9 Å². The van der Waals surface area contributed by atoms with E-state index in [2.05, 4.69) is 5.32 Å². The van der Waals surface area contributed by atoms with Crippen molar-refractivity contribution in [2.24, 2.45) is 5.92 Å². The fourth-order valence-electron chi connectivity index (χ4n) is 6.48. The van der Waals surface area contributed by atoms with Crippen LogP contribution >= 0.6 is 0 Å². The highest BCUT2D eigenvalue weighted by atomic mass is 19.1. The number of benzene rings is 3. The van der Waals surface area contributed by atoms with Gasteiger partial charge in [0.05, 0.1) is 37.8 Å². The number of ketones is 2. The number of para-hydroxylation sites is 1. The number of nitrogens with zero attached hydrogens (tertiary/aromatic N) is 1. The van der Waals surface area contributed by atoms with Gasteiger partial charge in [0.15, 0.2) is 11.6 Å². The Morgan fingerprint density at radius 1 is 1.03 bits per heavy atom. The standard InChI is InChI=1S/C30H25FN2O5/c1-16(34)27-26(28(35)20-15-19(37-2)10-12-24(20)38-3)30(21-6-4-5-7-22(21)32-29(30)36)25-13-8-17-14-18(31)9-11-23(17)33(25)27/h4-15,25-27H,1-3H3,(H,32,36)/t25-,26-,27-,30-/m1/s1. The Balaban J connectivity index is 1.66. The monoisotopic (exact) mass is 512 g/mol. The van der Waals surface area contributed by atoms with Crippen LogP contribution in [0.1, 0.15) is 28.4 Å². The van der Waals surface area contributed by atoms with E-state index in [0.717, 1.165) is 0 Å². The second-order valence-electron chi connectivity index (χ2n) is 9.75. The molecule has 4 atom stereocenters. The van der Waals surface area contributed by atoms with Gasteiger partial charge < -0.3 is 19.7 Å². The molecule has 0 aliphatic carbocycles. The number of hydrogen-bond acceptors (Lipinski definition) is 6. The zero-order valence-electron chi connectivity index (χ0n) is 21.0. The van der Waals surface area contributed by atoms with E-state index in [1.807, 2.05) is 23.1 Å². The molecule has 1 amide bonds. The first kappa shape index (κ1) is 23.9. The minimum atomic E-state index is -1.43. The van der Waals surface area contributed by atoms with Crippen LogP contribution in [0.3, 0.4) is 0 Å². The van der Waals surface area contributed by atoms with Gasteiger partial charge in [-0.05, 0) is 55.0 Å². The molecule has 7 nitrogen and oxygen atoms in total. The molecule has 1 saturated heterocycles. The summed E-state index contributed by atoms with van der Waals surface area (Å²) in [6.45, 7) is 1.42. The summed E-state index contributed by atoms with van der Waals surface area (Å²) in [5.74, 6) is -1.85. The maximum atomic E-state index is 14.7. The van der Waals surface area contributed by atoms with Crippen molar-refractivity contribution < 1.29 is 28.2 Å². The van der Waals surface area contributed by atoms with Crippen molar-refractivity contribution in [2.75, 3.05) is 24.4 Å².